The molecule has 2 aromatic rings. The molecule has 1 saturated carbocycles. The summed E-state index contributed by atoms with van der Waals surface area (Å²) in [6.45, 7) is 2.96. The Balaban J connectivity index is 1.56. The fourth-order valence-electron chi connectivity index (χ4n) is 4.32. The van der Waals surface area contributed by atoms with E-state index in [1.807, 2.05) is 6.92 Å². The number of carbonyl (C=O) groups excluding carboxylic acids is 2. The Morgan fingerprint density at radius 3 is 2.61 bits per heavy atom. The van der Waals surface area contributed by atoms with Crippen LogP contribution in [0.15, 0.2) is 53.9 Å². The van der Waals surface area contributed by atoms with Gasteiger partial charge in [0.05, 0.1) is 6.54 Å². The van der Waals surface area contributed by atoms with Crippen LogP contribution in [0.25, 0.3) is 0 Å². The summed E-state index contributed by atoms with van der Waals surface area (Å²) < 4.78 is 13.2. The molecule has 1 aromatic heterocycles. The highest BCUT2D eigenvalue weighted by Gasteiger charge is 2.34. The van der Waals surface area contributed by atoms with E-state index in [9.17, 15) is 14.0 Å². The molecule has 4 rings (SSSR count). The highest BCUT2D eigenvalue weighted by Crippen LogP contribution is 2.25. The summed E-state index contributed by atoms with van der Waals surface area (Å²) in [5.74, 6) is -1.08. The second kappa shape index (κ2) is 9.58. The highest BCUT2D eigenvalue weighted by atomic mass is 19.1. The van der Waals surface area contributed by atoms with Crippen LogP contribution in [0.2, 0.25) is 0 Å². The van der Waals surface area contributed by atoms with E-state index in [4.69, 9.17) is 11.1 Å². The normalized spacial score (nSPS) is 22.5. The lowest BCUT2D eigenvalue weighted by Crippen LogP contribution is -2.53. The fraction of sp³-hybridized carbons (Fsp3) is 0.375. The molecule has 8 nitrogen and oxygen atoms in total. The van der Waals surface area contributed by atoms with Gasteiger partial charge in [0.15, 0.2) is 0 Å². The van der Waals surface area contributed by atoms with Crippen LogP contribution in [-0.2, 0) is 11.3 Å². The molecule has 174 valence electrons. The molecule has 0 bridgehead atoms. The smallest absolute Gasteiger partial charge is 0.270 e. The molecule has 1 unspecified atom stereocenters. The second-order valence-corrected chi connectivity index (χ2v) is 8.82. The van der Waals surface area contributed by atoms with Gasteiger partial charge in [-0.3, -0.25) is 15.0 Å². The van der Waals surface area contributed by atoms with E-state index >= 15 is 0 Å². The van der Waals surface area contributed by atoms with Gasteiger partial charge in [0, 0.05) is 48.6 Å². The molecule has 1 atom stereocenters. The molecule has 2 heterocycles. The monoisotopic (exact) mass is 452 g/mol. The number of aromatic nitrogens is 1. The molecular weight excluding hydrogens is 423 g/mol. The first-order valence-electron chi connectivity index (χ1n) is 11.1. The van der Waals surface area contributed by atoms with Crippen molar-refractivity contribution >= 4 is 17.5 Å². The van der Waals surface area contributed by atoms with Crippen LogP contribution in [0.3, 0.4) is 0 Å². The summed E-state index contributed by atoms with van der Waals surface area (Å²) in [5, 5.41) is 14.9. The summed E-state index contributed by atoms with van der Waals surface area (Å²) >= 11 is 0. The maximum Gasteiger partial charge on any atom is 0.270 e. The number of halogens is 1. The third kappa shape index (κ3) is 5.14. The van der Waals surface area contributed by atoms with Crippen LogP contribution in [0.5, 0.6) is 0 Å². The van der Waals surface area contributed by atoms with Crippen LogP contribution in [0.4, 0.5) is 4.39 Å². The van der Waals surface area contributed by atoms with E-state index in [1.54, 1.807) is 35.4 Å². The molecule has 1 aliphatic heterocycles. The largest absolute Gasteiger partial charge is 0.384 e. The van der Waals surface area contributed by atoms with Gasteiger partial charge in [-0.05, 0) is 42.7 Å². The third-order valence-electron chi connectivity index (χ3n) is 6.21. The SMILES string of the molecule is CC1CN(C(=O)c2ccc[nH]2)CC(C(=N)C(=O)NC2CC(N)C2)=C1NCc1ccc(F)cc1. The van der Waals surface area contributed by atoms with Crippen LogP contribution in [0, 0.1) is 17.1 Å². The van der Waals surface area contributed by atoms with Crippen molar-refractivity contribution in [2.75, 3.05) is 13.1 Å². The standard InChI is InChI=1S/C24H29FN6O2/c1-14-12-31(24(33)20-3-2-8-28-20)13-19(21(27)23(32)30-18-9-17(26)10-18)22(14)29-11-15-4-6-16(25)7-5-15/h2-8,14,17-18,27-29H,9-13,26H2,1H3,(H,30,32). The van der Waals surface area contributed by atoms with Gasteiger partial charge in [-0.2, -0.15) is 0 Å². The number of hydrogen-bond donors (Lipinski definition) is 5. The molecular formula is C24H29FN6O2. The third-order valence-corrected chi connectivity index (χ3v) is 6.21. The number of nitrogens with zero attached hydrogens (tertiary/aromatic N) is 1. The zero-order valence-corrected chi connectivity index (χ0v) is 18.5. The van der Waals surface area contributed by atoms with Crippen LogP contribution < -0.4 is 16.4 Å². The van der Waals surface area contributed by atoms with Crippen molar-refractivity contribution in [3.63, 3.8) is 0 Å². The molecule has 33 heavy (non-hydrogen) atoms. The minimum Gasteiger partial charge on any atom is -0.384 e. The Kier molecular flexibility index (Phi) is 6.60. The lowest BCUT2D eigenvalue weighted by atomic mass is 9.87. The summed E-state index contributed by atoms with van der Waals surface area (Å²) in [4.78, 5) is 30.4. The highest BCUT2D eigenvalue weighted by molar-refractivity contribution is 6.44. The number of nitrogens with two attached hydrogens (primary N) is 1. The number of H-pyrrole nitrogens is 1. The van der Waals surface area contributed by atoms with E-state index in [0.717, 1.165) is 11.3 Å². The quantitative estimate of drug-likeness (QED) is 0.411. The van der Waals surface area contributed by atoms with Gasteiger partial charge >= 0.3 is 0 Å². The molecule has 9 heteroatoms. The maximum absolute atomic E-state index is 13.2. The number of amides is 2. The van der Waals surface area contributed by atoms with Gasteiger partial charge in [-0.1, -0.05) is 19.1 Å². The van der Waals surface area contributed by atoms with Gasteiger partial charge in [-0.15, -0.1) is 0 Å². The Hall–Kier alpha value is -3.46. The minimum absolute atomic E-state index is 0.0262. The number of rotatable bonds is 7. The summed E-state index contributed by atoms with van der Waals surface area (Å²) in [5.41, 5.74) is 8.22. The average Bonchev–Trinajstić information content (AvgIpc) is 3.31. The van der Waals surface area contributed by atoms with Crippen molar-refractivity contribution in [2.45, 2.75) is 38.4 Å². The molecule has 0 radical (unpaired) electrons. The Bertz CT molecular complexity index is 1060. The van der Waals surface area contributed by atoms with Crippen LogP contribution in [0.1, 0.15) is 35.8 Å². The molecule has 1 aliphatic carbocycles. The molecule has 1 aromatic carbocycles. The Labute approximate surface area is 191 Å². The first kappa shape index (κ1) is 22.7. The predicted octanol–water partition coefficient (Wildman–Crippen LogP) is 1.92. The summed E-state index contributed by atoms with van der Waals surface area (Å²) in [7, 11) is 0. The van der Waals surface area contributed by atoms with E-state index in [0.29, 0.717) is 37.2 Å². The van der Waals surface area contributed by atoms with E-state index in [-0.39, 0.29) is 42.0 Å². The number of nitrogens with one attached hydrogen (secondary N) is 4. The summed E-state index contributed by atoms with van der Waals surface area (Å²) in [6, 6.07) is 9.69. The summed E-state index contributed by atoms with van der Waals surface area (Å²) in [6.07, 6.45) is 3.08. The Morgan fingerprint density at radius 1 is 1.24 bits per heavy atom. The Morgan fingerprint density at radius 2 is 1.97 bits per heavy atom. The molecule has 0 spiro atoms. The van der Waals surface area contributed by atoms with E-state index in [1.165, 1.54) is 12.1 Å². The molecule has 6 N–H and O–H groups in total. The first-order chi connectivity index (χ1) is 15.8. The van der Waals surface area contributed by atoms with Crippen molar-refractivity contribution in [1.82, 2.24) is 20.5 Å². The molecule has 1 fully saturated rings. The van der Waals surface area contributed by atoms with Gasteiger partial charge < -0.3 is 26.3 Å². The van der Waals surface area contributed by atoms with E-state index < -0.39 is 5.91 Å². The number of aromatic amines is 1. The number of hydrogen-bond acceptors (Lipinski definition) is 5. The molecule has 2 amide bonds. The lowest BCUT2D eigenvalue weighted by Gasteiger charge is -2.36. The molecule has 0 saturated heterocycles. The van der Waals surface area contributed by atoms with Crippen LogP contribution in [-0.4, -0.2) is 52.6 Å². The van der Waals surface area contributed by atoms with Crippen molar-refractivity contribution in [1.29, 1.82) is 5.41 Å². The lowest BCUT2D eigenvalue weighted by molar-refractivity contribution is -0.116. The van der Waals surface area contributed by atoms with Gasteiger partial charge in [0.1, 0.15) is 17.2 Å². The fourth-order valence-corrected chi connectivity index (χ4v) is 4.32. The molecule has 2 aliphatic rings. The van der Waals surface area contributed by atoms with Crippen molar-refractivity contribution in [3.05, 3.63) is 70.9 Å². The minimum atomic E-state index is -0.468. The van der Waals surface area contributed by atoms with Crippen LogP contribution >= 0.6 is 0 Å². The zero-order valence-electron chi connectivity index (χ0n) is 18.5. The second-order valence-electron chi connectivity index (χ2n) is 8.82. The topological polar surface area (TPSA) is 127 Å². The number of carbonyl (C=O) groups is 2. The van der Waals surface area contributed by atoms with Gasteiger partial charge in [-0.25, -0.2) is 4.39 Å². The van der Waals surface area contributed by atoms with Crippen molar-refractivity contribution in [3.8, 4) is 0 Å². The average molecular weight is 453 g/mol. The van der Waals surface area contributed by atoms with Gasteiger partial charge in [0.2, 0.25) is 0 Å². The van der Waals surface area contributed by atoms with Crippen molar-refractivity contribution < 1.29 is 14.0 Å². The van der Waals surface area contributed by atoms with Crippen molar-refractivity contribution in [2.24, 2.45) is 11.7 Å². The number of benzene rings is 1. The van der Waals surface area contributed by atoms with E-state index in [2.05, 4.69) is 15.6 Å². The first-order valence-corrected chi connectivity index (χ1v) is 11.1. The zero-order chi connectivity index (χ0) is 23.5. The van der Waals surface area contributed by atoms with Gasteiger partial charge in [0.25, 0.3) is 11.8 Å². The maximum atomic E-state index is 13.2. The predicted molar refractivity (Wildman–Crippen MR) is 123 cm³/mol.